The van der Waals surface area contributed by atoms with Crippen LogP contribution in [0.1, 0.15) is 28.9 Å². The van der Waals surface area contributed by atoms with E-state index in [2.05, 4.69) is 20.3 Å². The van der Waals surface area contributed by atoms with E-state index in [1.54, 1.807) is 13.1 Å². The van der Waals surface area contributed by atoms with Crippen molar-refractivity contribution in [3.8, 4) is 0 Å². The number of hydrogen-bond acceptors (Lipinski definition) is 6. The van der Waals surface area contributed by atoms with Gasteiger partial charge in [0.05, 0.1) is 16.9 Å². The summed E-state index contributed by atoms with van der Waals surface area (Å²) >= 11 is 0. The summed E-state index contributed by atoms with van der Waals surface area (Å²) in [5.74, 6) is 0.575. The number of pyridine rings is 1. The Kier molecular flexibility index (Phi) is 4.71. The first-order chi connectivity index (χ1) is 11.6. The highest BCUT2D eigenvalue weighted by atomic mass is 16.3. The Bertz CT molecular complexity index is 709. The average Bonchev–Trinajstić information content (AvgIpc) is 2.61. The number of carbonyl (C=O) groups is 1. The van der Waals surface area contributed by atoms with Crippen LogP contribution in [-0.4, -0.2) is 51.2 Å². The highest BCUT2D eigenvalue weighted by Crippen LogP contribution is 2.24. The molecule has 0 saturated carbocycles. The maximum Gasteiger partial charge on any atom is 0.254 e. The number of carbonyl (C=O) groups excluding carboxylic acids is 1. The Hall–Kier alpha value is -2.54. The number of aliphatic hydroxyl groups is 1. The monoisotopic (exact) mass is 327 g/mol. The SMILES string of the molecule is Cc1ncncc1C(=O)NC[C@@]1(O)CCCN(c2ccccn2)C1. The lowest BCUT2D eigenvalue weighted by molar-refractivity contribution is 0.0254. The fraction of sp³-hybridized carbons (Fsp3) is 0.412. The molecule has 1 aliphatic rings. The lowest BCUT2D eigenvalue weighted by atomic mass is 9.92. The molecule has 0 radical (unpaired) electrons. The molecule has 1 aliphatic heterocycles. The molecule has 0 spiro atoms. The smallest absolute Gasteiger partial charge is 0.254 e. The lowest BCUT2D eigenvalue weighted by Crippen LogP contribution is -2.54. The first-order valence-corrected chi connectivity index (χ1v) is 8.01. The molecular formula is C17H21N5O2. The van der Waals surface area contributed by atoms with Crippen LogP contribution < -0.4 is 10.2 Å². The summed E-state index contributed by atoms with van der Waals surface area (Å²) < 4.78 is 0. The fourth-order valence-electron chi connectivity index (χ4n) is 2.95. The first-order valence-electron chi connectivity index (χ1n) is 8.01. The van der Waals surface area contributed by atoms with Crippen LogP contribution in [0.4, 0.5) is 5.82 Å². The molecule has 24 heavy (non-hydrogen) atoms. The van der Waals surface area contributed by atoms with Crippen molar-refractivity contribution in [1.29, 1.82) is 0 Å². The van der Waals surface area contributed by atoms with Gasteiger partial charge in [-0.05, 0) is 31.9 Å². The third-order valence-corrected chi connectivity index (χ3v) is 4.26. The van der Waals surface area contributed by atoms with Gasteiger partial charge in [-0.3, -0.25) is 4.79 Å². The minimum atomic E-state index is -0.977. The zero-order valence-electron chi connectivity index (χ0n) is 13.6. The van der Waals surface area contributed by atoms with Crippen LogP contribution in [0.2, 0.25) is 0 Å². The molecule has 0 unspecified atom stereocenters. The van der Waals surface area contributed by atoms with Crippen LogP contribution in [-0.2, 0) is 0 Å². The van der Waals surface area contributed by atoms with E-state index in [1.165, 1.54) is 12.5 Å². The van der Waals surface area contributed by atoms with Crippen molar-refractivity contribution in [2.24, 2.45) is 0 Å². The highest BCUT2D eigenvalue weighted by molar-refractivity contribution is 5.94. The molecular weight excluding hydrogens is 306 g/mol. The number of β-amino-alcohol motifs (C(OH)–C–C–N with tert-alkyl or cyclic N) is 1. The van der Waals surface area contributed by atoms with Gasteiger partial charge in [0.1, 0.15) is 12.1 Å². The third-order valence-electron chi connectivity index (χ3n) is 4.26. The van der Waals surface area contributed by atoms with E-state index in [0.29, 0.717) is 24.2 Å². The van der Waals surface area contributed by atoms with Crippen molar-refractivity contribution in [2.45, 2.75) is 25.4 Å². The van der Waals surface area contributed by atoms with Gasteiger partial charge >= 0.3 is 0 Å². The molecule has 1 amide bonds. The van der Waals surface area contributed by atoms with Crippen molar-refractivity contribution in [2.75, 3.05) is 24.5 Å². The summed E-state index contributed by atoms with van der Waals surface area (Å²) in [6.45, 7) is 3.23. The predicted molar refractivity (Wildman–Crippen MR) is 89.7 cm³/mol. The second-order valence-electron chi connectivity index (χ2n) is 6.14. The van der Waals surface area contributed by atoms with E-state index < -0.39 is 5.60 Å². The lowest BCUT2D eigenvalue weighted by Gasteiger charge is -2.39. The summed E-state index contributed by atoms with van der Waals surface area (Å²) in [5.41, 5.74) is 0.0707. The Morgan fingerprint density at radius 2 is 2.29 bits per heavy atom. The van der Waals surface area contributed by atoms with Gasteiger partial charge in [0.25, 0.3) is 5.91 Å². The topological polar surface area (TPSA) is 91.2 Å². The number of amides is 1. The fourth-order valence-corrected chi connectivity index (χ4v) is 2.95. The minimum Gasteiger partial charge on any atom is -0.386 e. The van der Waals surface area contributed by atoms with Gasteiger partial charge in [0, 0.05) is 32.0 Å². The van der Waals surface area contributed by atoms with Crippen LogP contribution in [0.25, 0.3) is 0 Å². The molecule has 0 aromatic carbocycles. The summed E-state index contributed by atoms with van der Waals surface area (Å²) in [7, 11) is 0. The number of hydrogen-bond donors (Lipinski definition) is 2. The maximum atomic E-state index is 12.3. The summed E-state index contributed by atoms with van der Waals surface area (Å²) in [6.07, 6.45) is 6.12. The van der Waals surface area contributed by atoms with Crippen molar-refractivity contribution in [3.05, 3.63) is 48.2 Å². The van der Waals surface area contributed by atoms with Gasteiger partial charge < -0.3 is 15.3 Å². The van der Waals surface area contributed by atoms with E-state index in [1.807, 2.05) is 23.1 Å². The van der Waals surface area contributed by atoms with E-state index >= 15 is 0 Å². The summed E-state index contributed by atoms with van der Waals surface area (Å²) in [6, 6.07) is 5.72. The van der Waals surface area contributed by atoms with Crippen LogP contribution in [0.15, 0.2) is 36.9 Å². The molecule has 1 fully saturated rings. The standard InChI is InChI=1S/C17H21N5O2/c1-13-14(9-18-12-21-13)16(23)20-10-17(24)6-4-8-22(11-17)15-5-2-3-7-19-15/h2-3,5,7,9,12,24H,4,6,8,10-11H2,1H3,(H,20,23)/t17-/m0/s1. The molecule has 3 heterocycles. The van der Waals surface area contributed by atoms with Gasteiger partial charge in [-0.15, -0.1) is 0 Å². The molecule has 126 valence electrons. The van der Waals surface area contributed by atoms with Gasteiger partial charge in [-0.1, -0.05) is 6.07 Å². The van der Waals surface area contributed by atoms with E-state index in [-0.39, 0.29) is 12.5 Å². The van der Waals surface area contributed by atoms with E-state index in [4.69, 9.17) is 0 Å². The minimum absolute atomic E-state index is 0.184. The number of rotatable bonds is 4. The molecule has 7 nitrogen and oxygen atoms in total. The van der Waals surface area contributed by atoms with Gasteiger partial charge in [0.15, 0.2) is 0 Å². The van der Waals surface area contributed by atoms with Gasteiger partial charge in [-0.25, -0.2) is 15.0 Å². The highest BCUT2D eigenvalue weighted by Gasteiger charge is 2.34. The second kappa shape index (κ2) is 6.92. The molecule has 1 saturated heterocycles. The molecule has 0 aliphatic carbocycles. The Morgan fingerprint density at radius 3 is 3.04 bits per heavy atom. The largest absolute Gasteiger partial charge is 0.386 e. The third kappa shape index (κ3) is 3.68. The summed E-state index contributed by atoms with van der Waals surface area (Å²) in [5, 5.41) is 13.7. The number of aromatic nitrogens is 3. The molecule has 2 aromatic rings. The van der Waals surface area contributed by atoms with Crippen LogP contribution in [0.3, 0.4) is 0 Å². The molecule has 2 N–H and O–H groups in total. The number of nitrogens with zero attached hydrogens (tertiary/aromatic N) is 4. The van der Waals surface area contributed by atoms with Crippen LogP contribution in [0, 0.1) is 6.92 Å². The molecule has 0 bridgehead atoms. The number of nitrogens with one attached hydrogen (secondary N) is 1. The quantitative estimate of drug-likeness (QED) is 0.868. The Balaban J connectivity index is 1.64. The Morgan fingerprint density at radius 1 is 1.42 bits per heavy atom. The Labute approximate surface area is 140 Å². The van der Waals surface area contributed by atoms with E-state index in [0.717, 1.165) is 18.8 Å². The van der Waals surface area contributed by atoms with Crippen LogP contribution in [0.5, 0.6) is 0 Å². The molecule has 2 aromatic heterocycles. The zero-order valence-corrected chi connectivity index (χ0v) is 13.6. The van der Waals surface area contributed by atoms with Crippen molar-refractivity contribution in [3.63, 3.8) is 0 Å². The number of piperidine rings is 1. The van der Waals surface area contributed by atoms with E-state index in [9.17, 15) is 9.90 Å². The first kappa shape index (κ1) is 16.3. The number of anilines is 1. The van der Waals surface area contributed by atoms with Crippen LogP contribution >= 0.6 is 0 Å². The van der Waals surface area contributed by atoms with Gasteiger partial charge in [-0.2, -0.15) is 0 Å². The molecule has 7 heteroatoms. The zero-order chi connectivity index (χ0) is 17.0. The average molecular weight is 327 g/mol. The predicted octanol–water partition coefficient (Wildman–Crippen LogP) is 0.941. The summed E-state index contributed by atoms with van der Waals surface area (Å²) in [4.78, 5) is 26.5. The molecule has 1 atom stereocenters. The van der Waals surface area contributed by atoms with Crippen molar-refractivity contribution in [1.82, 2.24) is 20.3 Å². The number of aryl methyl sites for hydroxylation is 1. The van der Waals surface area contributed by atoms with Crippen molar-refractivity contribution < 1.29 is 9.90 Å². The molecule has 3 rings (SSSR count). The van der Waals surface area contributed by atoms with Crippen molar-refractivity contribution >= 4 is 11.7 Å². The maximum absolute atomic E-state index is 12.3. The second-order valence-corrected chi connectivity index (χ2v) is 6.14. The van der Waals surface area contributed by atoms with Gasteiger partial charge in [0.2, 0.25) is 0 Å². The normalized spacial score (nSPS) is 20.7.